The number of halogens is 2. The van der Waals surface area contributed by atoms with Crippen LogP contribution in [0, 0.1) is 11.7 Å². The predicted molar refractivity (Wildman–Crippen MR) is 97.8 cm³/mol. The zero-order chi connectivity index (χ0) is 18.9. The minimum Gasteiger partial charge on any atom is -0.342 e. The van der Waals surface area contributed by atoms with Gasteiger partial charge in [-0.05, 0) is 43.9 Å². The molecule has 0 atom stereocenters. The molecule has 0 saturated carbocycles. The first-order valence-electron chi connectivity index (χ1n) is 8.69. The molecule has 8 heteroatoms. The molecular weight excluding hydrogens is 379 g/mol. The van der Waals surface area contributed by atoms with Crippen molar-refractivity contribution in [2.75, 3.05) is 26.2 Å². The summed E-state index contributed by atoms with van der Waals surface area (Å²) in [7, 11) is -3.74. The van der Waals surface area contributed by atoms with Gasteiger partial charge in [0.05, 0.1) is 9.92 Å². The molecule has 0 bridgehead atoms. The van der Waals surface area contributed by atoms with E-state index in [1.54, 1.807) is 0 Å². The van der Waals surface area contributed by atoms with Crippen LogP contribution in [0.1, 0.15) is 25.7 Å². The topological polar surface area (TPSA) is 57.7 Å². The second-order valence-electron chi connectivity index (χ2n) is 6.83. The summed E-state index contributed by atoms with van der Waals surface area (Å²) in [6.45, 7) is 5.90. The largest absolute Gasteiger partial charge is 0.342 e. The Morgan fingerprint density at radius 1 is 1.15 bits per heavy atom. The summed E-state index contributed by atoms with van der Waals surface area (Å²) in [4.78, 5) is 14.5. The SMILES string of the molecule is C=C1CCN(C(=O)C2CCN(S(=O)(=O)c3ccc(F)c(Cl)c3)CC2)CC1. The van der Waals surface area contributed by atoms with Gasteiger partial charge in [0.2, 0.25) is 15.9 Å². The van der Waals surface area contributed by atoms with Crippen LogP contribution in [-0.2, 0) is 14.8 Å². The van der Waals surface area contributed by atoms with E-state index in [1.165, 1.54) is 15.9 Å². The minimum absolute atomic E-state index is 0.0248. The fourth-order valence-corrected chi connectivity index (χ4v) is 5.17. The number of nitrogens with zero attached hydrogens (tertiary/aromatic N) is 2. The molecular formula is C18H22ClFN2O3S. The number of hydrogen-bond donors (Lipinski definition) is 0. The minimum atomic E-state index is -3.74. The second-order valence-corrected chi connectivity index (χ2v) is 9.17. The number of rotatable bonds is 3. The monoisotopic (exact) mass is 400 g/mol. The first-order chi connectivity index (χ1) is 12.3. The zero-order valence-corrected chi connectivity index (χ0v) is 16.0. The van der Waals surface area contributed by atoms with Gasteiger partial charge in [-0.3, -0.25) is 4.79 Å². The number of piperidine rings is 2. The van der Waals surface area contributed by atoms with Crippen LogP contribution >= 0.6 is 11.6 Å². The van der Waals surface area contributed by atoms with E-state index in [0.717, 1.165) is 25.0 Å². The van der Waals surface area contributed by atoms with Gasteiger partial charge in [-0.15, -0.1) is 0 Å². The van der Waals surface area contributed by atoms with Crippen molar-refractivity contribution in [3.05, 3.63) is 41.2 Å². The van der Waals surface area contributed by atoms with Crippen molar-refractivity contribution in [1.82, 2.24) is 9.21 Å². The van der Waals surface area contributed by atoms with Crippen LogP contribution in [-0.4, -0.2) is 49.7 Å². The van der Waals surface area contributed by atoms with Crippen LogP contribution < -0.4 is 0 Å². The van der Waals surface area contributed by atoms with Crippen molar-refractivity contribution in [3.8, 4) is 0 Å². The Morgan fingerprint density at radius 3 is 2.35 bits per heavy atom. The van der Waals surface area contributed by atoms with E-state index >= 15 is 0 Å². The summed E-state index contributed by atoms with van der Waals surface area (Å²) in [5, 5.41) is -0.220. The highest BCUT2D eigenvalue weighted by molar-refractivity contribution is 7.89. The van der Waals surface area contributed by atoms with Gasteiger partial charge in [0.15, 0.2) is 0 Å². The zero-order valence-electron chi connectivity index (χ0n) is 14.5. The Bertz CT molecular complexity index is 810. The van der Waals surface area contributed by atoms with Crippen molar-refractivity contribution in [3.63, 3.8) is 0 Å². The van der Waals surface area contributed by atoms with Crippen molar-refractivity contribution >= 4 is 27.5 Å². The third-order valence-electron chi connectivity index (χ3n) is 5.11. The van der Waals surface area contributed by atoms with E-state index in [2.05, 4.69) is 6.58 Å². The Morgan fingerprint density at radius 2 is 1.77 bits per heavy atom. The highest BCUT2D eigenvalue weighted by atomic mass is 35.5. The van der Waals surface area contributed by atoms with Gasteiger partial charge in [-0.25, -0.2) is 12.8 Å². The predicted octanol–water partition coefficient (Wildman–Crippen LogP) is 3.06. The molecule has 2 saturated heterocycles. The highest BCUT2D eigenvalue weighted by Crippen LogP contribution is 2.28. The molecule has 2 heterocycles. The first kappa shape index (κ1) is 19.3. The summed E-state index contributed by atoms with van der Waals surface area (Å²) in [6.07, 6.45) is 2.66. The first-order valence-corrected chi connectivity index (χ1v) is 10.5. The normalized spacial score (nSPS) is 20.4. The molecule has 0 spiro atoms. The van der Waals surface area contributed by atoms with Crippen LogP contribution in [0.15, 0.2) is 35.2 Å². The molecule has 1 aromatic rings. The lowest BCUT2D eigenvalue weighted by Gasteiger charge is -2.35. The number of amides is 1. The molecule has 0 aliphatic carbocycles. The number of likely N-dealkylation sites (tertiary alicyclic amines) is 1. The van der Waals surface area contributed by atoms with Crippen molar-refractivity contribution in [2.45, 2.75) is 30.6 Å². The van der Waals surface area contributed by atoms with Crippen molar-refractivity contribution in [2.24, 2.45) is 5.92 Å². The van der Waals surface area contributed by atoms with E-state index < -0.39 is 15.8 Å². The summed E-state index contributed by atoms with van der Waals surface area (Å²) < 4.78 is 40.0. The molecule has 2 aliphatic heterocycles. The quantitative estimate of drug-likeness (QED) is 0.733. The van der Waals surface area contributed by atoms with Gasteiger partial charge < -0.3 is 4.90 Å². The lowest BCUT2D eigenvalue weighted by Crippen LogP contribution is -2.45. The maximum absolute atomic E-state index is 13.3. The Hall–Kier alpha value is -1.44. The third kappa shape index (κ3) is 3.94. The number of carbonyl (C=O) groups excluding carboxylic acids is 1. The lowest BCUT2D eigenvalue weighted by atomic mass is 9.95. The molecule has 0 unspecified atom stereocenters. The number of hydrogen-bond acceptors (Lipinski definition) is 3. The summed E-state index contributed by atoms with van der Waals surface area (Å²) >= 11 is 5.71. The molecule has 1 amide bonds. The van der Waals surface area contributed by atoms with Gasteiger partial charge in [0, 0.05) is 32.1 Å². The molecule has 1 aromatic carbocycles. The summed E-state index contributed by atoms with van der Waals surface area (Å²) in [5.41, 5.74) is 1.17. The van der Waals surface area contributed by atoms with Gasteiger partial charge >= 0.3 is 0 Å². The molecule has 5 nitrogen and oxygen atoms in total. The average molecular weight is 401 g/mol. The van der Waals surface area contributed by atoms with Gasteiger partial charge in [0.1, 0.15) is 5.82 Å². The standard InChI is InChI=1S/C18H22ClFN2O3S/c1-13-4-8-21(9-5-13)18(23)14-6-10-22(11-7-14)26(24,25)15-2-3-17(20)16(19)12-15/h2-3,12,14H,1,4-11H2. The second kappa shape index (κ2) is 7.66. The van der Waals surface area contributed by atoms with Gasteiger partial charge in [0.25, 0.3) is 0 Å². The van der Waals surface area contributed by atoms with Crippen molar-refractivity contribution in [1.29, 1.82) is 0 Å². The summed E-state index contributed by atoms with van der Waals surface area (Å²) in [6, 6.07) is 3.40. The Balaban J connectivity index is 1.63. The van der Waals surface area contributed by atoms with E-state index in [0.29, 0.717) is 25.9 Å². The van der Waals surface area contributed by atoms with E-state index in [1.807, 2.05) is 4.90 Å². The Kier molecular flexibility index (Phi) is 5.69. The molecule has 0 N–H and O–H groups in total. The van der Waals surface area contributed by atoms with Crippen LogP contribution in [0.3, 0.4) is 0 Å². The van der Waals surface area contributed by atoms with Gasteiger partial charge in [-0.1, -0.05) is 23.8 Å². The van der Waals surface area contributed by atoms with E-state index in [4.69, 9.17) is 11.6 Å². The lowest BCUT2D eigenvalue weighted by molar-refractivity contribution is -0.137. The van der Waals surface area contributed by atoms with Crippen molar-refractivity contribution < 1.29 is 17.6 Å². The maximum Gasteiger partial charge on any atom is 0.243 e. The molecule has 3 rings (SSSR count). The highest BCUT2D eigenvalue weighted by Gasteiger charge is 2.34. The molecule has 0 radical (unpaired) electrons. The number of benzene rings is 1. The van der Waals surface area contributed by atoms with Crippen LogP contribution in [0.5, 0.6) is 0 Å². The molecule has 0 aromatic heterocycles. The molecule has 2 fully saturated rings. The van der Waals surface area contributed by atoms with Crippen LogP contribution in [0.4, 0.5) is 4.39 Å². The van der Waals surface area contributed by atoms with Crippen LogP contribution in [0.2, 0.25) is 5.02 Å². The fourth-order valence-electron chi connectivity index (χ4n) is 3.43. The fraction of sp³-hybridized carbons (Fsp3) is 0.500. The number of carbonyl (C=O) groups is 1. The van der Waals surface area contributed by atoms with E-state index in [-0.39, 0.29) is 34.8 Å². The average Bonchev–Trinajstić information content (AvgIpc) is 2.64. The third-order valence-corrected chi connectivity index (χ3v) is 7.30. The summed E-state index contributed by atoms with van der Waals surface area (Å²) in [5.74, 6) is -0.692. The molecule has 26 heavy (non-hydrogen) atoms. The van der Waals surface area contributed by atoms with Crippen LogP contribution in [0.25, 0.3) is 0 Å². The molecule has 2 aliphatic rings. The number of sulfonamides is 1. The molecule has 142 valence electrons. The van der Waals surface area contributed by atoms with Gasteiger partial charge in [-0.2, -0.15) is 4.31 Å². The maximum atomic E-state index is 13.3. The van der Waals surface area contributed by atoms with E-state index in [9.17, 15) is 17.6 Å². The smallest absolute Gasteiger partial charge is 0.243 e. The Labute approximate surface area is 158 Å².